The summed E-state index contributed by atoms with van der Waals surface area (Å²) in [7, 11) is 0. The predicted molar refractivity (Wildman–Crippen MR) is 116 cm³/mol. The molecule has 0 saturated carbocycles. The van der Waals surface area contributed by atoms with Crippen LogP contribution in [0.2, 0.25) is 0 Å². The molecule has 3 N–H and O–H groups in total. The van der Waals surface area contributed by atoms with E-state index in [2.05, 4.69) is 52.0 Å². The van der Waals surface area contributed by atoms with E-state index in [0.717, 1.165) is 56.3 Å². The van der Waals surface area contributed by atoms with Crippen LogP contribution >= 0.6 is 0 Å². The van der Waals surface area contributed by atoms with Crippen LogP contribution in [0.4, 0.5) is 0 Å². The molecule has 3 nitrogen and oxygen atoms in total. The molecule has 156 valence electrons. The van der Waals surface area contributed by atoms with E-state index in [1.807, 2.05) is 0 Å². The van der Waals surface area contributed by atoms with Crippen LogP contribution in [0.15, 0.2) is 24.3 Å². The molecular formula is C24H43NO2. The maximum Gasteiger partial charge on any atom is 0.119 e. The fourth-order valence-corrected chi connectivity index (χ4v) is 3.57. The first-order chi connectivity index (χ1) is 12.9. The molecule has 0 fully saturated rings. The Kier molecular flexibility index (Phi) is 11.7. The summed E-state index contributed by atoms with van der Waals surface area (Å²) in [6.07, 6.45) is 9.95. The third-order valence-corrected chi connectivity index (χ3v) is 5.49. The number of aryl methyl sites for hydroxylation is 1. The molecule has 0 bridgehead atoms. The van der Waals surface area contributed by atoms with Crippen molar-refractivity contribution in [3.05, 3.63) is 29.8 Å². The largest absolute Gasteiger partial charge is 0.494 e. The smallest absolute Gasteiger partial charge is 0.119 e. The predicted octanol–water partition coefficient (Wildman–Crippen LogP) is 5.73. The van der Waals surface area contributed by atoms with E-state index < -0.39 is 5.54 Å². The quantitative estimate of drug-likeness (QED) is 0.384. The Bertz CT molecular complexity index is 486. The molecule has 2 atom stereocenters. The van der Waals surface area contributed by atoms with Crippen molar-refractivity contribution in [2.45, 2.75) is 91.0 Å². The first-order valence-corrected chi connectivity index (χ1v) is 11.0. The molecule has 1 aromatic carbocycles. The van der Waals surface area contributed by atoms with Crippen LogP contribution < -0.4 is 10.5 Å². The van der Waals surface area contributed by atoms with Gasteiger partial charge < -0.3 is 15.6 Å². The lowest BCUT2D eigenvalue weighted by Crippen LogP contribution is -2.43. The number of aliphatic hydroxyl groups excluding tert-OH is 1. The number of rotatable bonds is 15. The Labute approximate surface area is 167 Å². The molecule has 0 aliphatic heterocycles. The normalized spacial score (nSPS) is 14.9. The minimum absolute atomic E-state index is 0.0535. The van der Waals surface area contributed by atoms with Crippen LogP contribution in [0.5, 0.6) is 5.75 Å². The molecular weight excluding hydrogens is 334 g/mol. The molecule has 0 amide bonds. The van der Waals surface area contributed by atoms with Gasteiger partial charge in [0.15, 0.2) is 0 Å². The molecule has 1 unspecified atom stereocenters. The van der Waals surface area contributed by atoms with Crippen LogP contribution in [0.1, 0.15) is 84.6 Å². The van der Waals surface area contributed by atoms with Gasteiger partial charge in [-0.3, -0.25) is 0 Å². The second-order valence-corrected chi connectivity index (χ2v) is 8.84. The molecule has 0 saturated heterocycles. The molecule has 3 heteroatoms. The van der Waals surface area contributed by atoms with Crippen molar-refractivity contribution in [3.63, 3.8) is 0 Å². The Morgan fingerprint density at radius 1 is 1.00 bits per heavy atom. The average molecular weight is 378 g/mol. The van der Waals surface area contributed by atoms with Crippen LogP contribution in [0, 0.1) is 11.8 Å². The van der Waals surface area contributed by atoms with Gasteiger partial charge in [-0.1, -0.05) is 65.5 Å². The molecule has 0 radical (unpaired) electrons. The van der Waals surface area contributed by atoms with E-state index in [9.17, 15) is 5.11 Å². The van der Waals surface area contributed by atoms with Gasteiger partial charge in [0.25, 0.3) is 0 Å². The summed E-state index contributed by atoms with van der Waals surface area (Å²) in [5.41, 5.74) is 7.06. The molecule has 27 heavy (non-hydrogen) atoms. The second-order valence-electron chi connectivity index (χ2n) is 8.84. The van der Waals surface area contributed by atoms with E-state index in [0.29, 0.717) is 0 Å². The van der Waals surface area contributed by atoms with E-state index in [-0.39, 0.29) is 6.61 Å². The summed E-state index contributed by atoms with van der Waals surface area (Å²) in [5, 5.41) is 9.52. The van der Waals surface area contributed by atoms with Crippen molar-refractivity contribution in [2.24, 2.45) is 17.6 Å². The molecule has 0 spiro atoms. The highest BCUT2D eigenvalue weighted by molar-refractivity contribution is 5.27. The lowest BCUT2D eigenvalue weighted by atomic mass is 9.89. The lowest BCUT2D eigenvalue weighted by Gasteiger charge is -2.26. The monoisotopic (exact) mass is 377 g/mol. The Hall–Kier alpha value is -1.06. The number of aliphatic hydroxyl groups is 1. The van der Waals surface area contributed by atoms with E-state index in [1.54, 1.807) is 0 Å². The van der Waals surface area contributed by atoms with Crippen molar-refractivity contribution in [2.75, 3.05) is 13.2 Å². The number of nitrogens with two attached hydrogens (primary N) is 1. The summed E-state index contributed by atoms with van der Waals surface area (Å²) in [4.78, 5) is 0. The summed E-state index contributed by atoms with van der Waals surface area (Å²) < 4.78 is 5.89. The van der Waals surface area contributed by atoms with Gasteiger partial charge in [-0.05, 0) is 61.6 Å². The van der Waals surface area contributed by atoms with E-state index in [4.69, 9.17) is 10.5 Å². The van der Waals surface area contributed by atoms with Crippen molar-refractivity contribution in [3.8, 4) is 5.75 Å². The molecule has 1 rings (SSSR count). The topological polar surface area (TPSA) is 55.5 Å². The standard InChI is InChI=1S/C24H43NO2/c1-5-16-24(25,19-26)17-15-22-11-13-23(14-12-22)27-18-7-10-21(4)9-6-8-20(2)3/h11-14,20-21,26H,5-10,15-19,25H2,1-4H3/t21?,24-/m0/s1. The Morgan fingerprint density at radius 2 is 1.67 bits per heavy atom. The molecule has 0 aliphatic rings. The fraction of sp³-hybridized carbons (Fsp3) is 0.750. The zero-order valence-corrected chi connectivity index (χ0v) is 18.2. The van der Waals surface area contributed by atoms with Gasteiger partial charge in [0.2, 0.25) is 0 Å². The van der Waals surface area contributed by atoms with Crippen molar-refractivity contribution < 1.29 is 9.84 Å². The van der Waals surface area contributed by atoms with Crippen LogP contribution in [-0.4, -0.2) is 23.9 Å². The van der Waals surface area contributed by atoms with Gasteiger partial charge >= 0.3 is 0 Å². The first kappa shape index (κ1) is 24.0. The zero-order valence-electron chi connectivity index (χ0n) is 18.2. The lowest BCUT2D eigenvalue weighted by molar-refractivity contribution is 0.177. The maximum absolute atomic E-state index is 9.52. The third kappa shape index (κ3) is 10.8. The molecule has 0 aromatic heterocycles. The van der Waals surface area contributed by atoms with Crippen molar-refractivity contribution in [1.29, 1.82) is 0 Å². The Balaban J connectivity index is 2.24. The zero-order chi connectivity index (χ0) is 20.1. The van der Waals surface area contributed by atoms with Crippen molar-refractivity contribution in [1.82, 2.24) is 0 Å². The van der Waals surface area contributed by atoms with E-state index >= 15 is 0 Å². The highest BCUT2D eigenvalue weighted by atomic mass is 16.5. The van der Waals surface area contributed by atoms with Gasteiger partial charge in [0, 0.05) is 5.54 Å². The highest BCUT2D eigenvalue weighted by Crippen LogP contribution is 2.20. The van der Waals surface area contributed by atoms with Crippen LogP contribution in [0.25, 0.3) is 0 Å². The van der Waals surface area contributed by atoms with Gasteiger partial charge in [0.05, 0.1) is 13.2 Å². The first-order valence-electron chi connectivity index (χ1n) is 11.0. The van der Waals surface area contributed by atoms with Gasteiger partial charge in [-0.25, -0.2) is 0 Å². The van der Waals surface area contributed by atoms with Gasteiger partial charge in [-0.15, -0.1) is 0 Å². The van der Waals surface area contributed by atoms with Crippen LogP contribution in [-0.2, 0) is 6.42 Å². The average Bonchev–Trinajstić information content (AvgIpc) is 2.64. The minimum atomic E-state index is -0.449. The maximum atomic E-state index is 9.52. The molecule has 0 heterocycles. The number of ether oxygens (including phenoxy) is 1. The van der Waals surface area contributed by atoms with E-state index in [1.165, 1.54) is 31.2 Å². The summed E-state index contributed by atoms with van der Waals surface area (Å²) in [6, 6.07) is 8.35. The summed E-state index contributed by atoms with van der Waals surface area (Å²) in [5.74, 6) is 2.56. The van der Waals surface area contributed by atoms with Crippen LogP contribution in [0.3, 0.4) is 0 Å². The summed E-state index contributed by atoms with van der Waals surface area (Å²) >= 11 is 0. The van der Waals surface area contributed by atoms with Gasteiger partial charge in [-0.2, -0.15) is 0 Å². The number of benzene rings is 1. The second kappa shape index (κ2) is 13.2. The SMILES string of the molecule is CCC[C@@](N)(CO)CCc1ccc(OCCCC(C)CCCC(C)C)cc1. The Morgan fingerprint density at radius 3 is 2.26 bits per heavy atom. The van der Waals surface area contributed by atoms with Crippen molar-refractivity contribution >= 4 is 0 Å². The number of hydrogen-bond donors (Lipinski definition) is 2. The molecule has 1 aromatic rings. The molecule has 0 aliphatic carbocycles. The van der Waals surface area contributed by atoms with Gasteiger partial charge in [0.1, 0.15) is 5.75 Å². The summed E-state index contributed by atoms with van der Waals surface area (Å²) in [6.45, 7) is 9.91. The fourth-order valence-electron chi connectivity index (χ4n) is 3.57. The third-order valence-electron chi connectivity index (χ3n) is 5.49. The number of hydrogen-bond acceptors (Lipinski definition) is 3. The highest BCUT2D eigenvalue weighted by Gasteiger charge is 2.22. The minimum Gasteiger partial charge on any atom is -0.494 e.